The van der Waals surface area contributed by atoms with Crippen molar-refractivity contribution in [2.24, 2.45) is 5.73 Å². The summed E-state index contributed by atoms with van der Waals surface area (Å²) in [4.78, 5) is 0. The van der Waals surface area contributed by atoms with Crippen molar-refractivity contribution in [1.29, 1.82) is 0 Å². The lowest BCUT2D eigenvalue weighted by Crippen LogP contribution is -1.97. The molecule has 0 bridgehead atoms. The highest BCUT2D eigenvalue weighted by atomic mass is 127. The molecule has 2 N–H and O–H groups in total. The molecule has 0 radical (unpaired) electrons. The van der Waals surface area contributed by atoms with Gasteiger partial charge in [-0.15, -0.1) is 0 Å². The van der Waals surface area contributed by atoms with E-state index in [2.05, 4.69) is 46.9 Å². The average Bonchev–Trinajstić information content (AvgIpc) is 2.39. The number of benzene rings is 2. The van der Waals surface area contributed by atoms with Gasteiger partial charge in [-0.05, 0) is 58.0 Å². The molecule has 0 fully saturated rings. The van der Waals surface area contributed by atoms with E-state index in [-0.39, 0.29) is 0 Å². The van der Waals surface area contributed by atoms with Crippen LogP contribution in [0.3, 0.4) is 0 Å². The molecule has 88 valence electrons. The molecule has 0 amide bonds. The van der Waals surface area contributed by atoms with Crippen LogP contribution >= 0.6 is 22.6 Å². The van der Waals surface area contributed by atoms with Crippen LogP contribution in [0.2, 0.25) is 0 Å². The molecule has 0 aliphatic carbocycles. The summed E-state index contributed by atoms with van der Waals surface area (Å²) in [5.41, 5.74) is 7.83. The van der Waals surface area contributed by atoms with Crippen molar-refractivity contribution in [2.75, 3.05) is 0 Å². The van der Waals surface area contributed by atoms with E-state index in [9.17, 15) is 0 Å². The molecule has 3 heteroatoms. The van der Waals surface area contributed by atoms with E-state index in [4.69, 9.17) is 10.5 Å². The van der Waals surface area contributed by atoms with Gasteiger partial charge in [-0.25, -0.2) is 0 Å². The maximum atomic E-state index is 5.69. The average molecular weight is 339 g/mol. The molecule has 0 saturated heterocycles. The van der Waals surface area contributed by atoms with Gasteiger partial charge in [-0.1, -0.05) is 24.3 Å². The zero-order valence-electron chi connectivity index (χ0n) is 9.40. The molecule has 0 unspecified atom stereocenters. The first kappa shape index (κ1) is 12.4. The summed E-state index contributed by atoms with van der Waals surface area (Å²) in [5.74, 6) is 0.876. The van der Waals surface area contributed by atoms with Gasteiger partial charge in [-0.3, -0.25) is 0 Å². The Bertz CT molecular complexity index is 465. The number of hydrogen-bond acceptors (Lipinski definition) is 2. The van der Waals surface area contributed by atoms with Gasteiger partial charge in [-0.2, -0.15) is 0 Å². The molecule has 2 nitrogen and oxygen atoms in total. The summed E-state index contributed by atoms with van der Waals surface area (Å²) >= 11 is 2.29. The highest BCUT2D eigenvalue weighted by molar-refractivity contribution is 14.1. The van der Waals surface area contributed by atoms with Crippen LogP contribution in [0.15, 0.2) is 48.5 Å². The Hall–Kier alpha value is -1.07. The van der Waals surface area contributed by atoms with Crippen LogP contribution in [-0.4, -0.2) is 0 Å². The number of rotatable bonds is 4. The summed E-state index contributed by atoms with van der Waals surface area (Å²) in [6, 6.07) is 16.2. The number of halogens is 1. The van der Waals surface area contributed by atoms with Gasteiger partial charge in [0.2, 0.25) is 0 Å². The molecule has 17 heavy (non-hydrogen) atoms. The van der Waals surface area contributed by atoms with E-state index >= 15 is 0 Å². The molecule has 0 aromatic heterocycles. The Kier molecular flexibility index (Phi) is 4.39. The molecular formula is C14H14INO. The highest BCUT2D eigenvalue weighted by Crippen LogP contribution is 2.14. The topological polar surface area (TPSA) is 35.2 Å². The second kappa shape index (κ2) is 6.02. The van der Waals surface area contributed by atoms with Gasteiger partial charge in [0.25, 0.3) is 0 Å². The van der Waals surface area contributed by atoms with Crippen molar-refractivity contribution >= 4 is 22.6 Å². The first-order valence-electron chi connectivity index (χ1n) is 5.44. The summed E-state index contributed by atoms with van der Waals surface area (Å²) < 4.78 is 6.92. The minimum atomic E-state index is 0.567. The number of nitrogens with two attached hydrogens (primary N) is 1. The lowest BCUT2D eigenvalue weighted by atomic mass is 10.2. The third-order valence-electron chi connectivity index (χ3n) is 2.48. The Morgan fingerprint density at radius 2 is 1.47 bits per heavy atom. The van der Waals surface area contributed by atoms with Gasteiger partial charge in [0.1, 0.15) is 12.4 Å². The number of hydrogen-bond donors (Lipinski definition) is 1. The Morgan fingerprint density at radius 3 is 2.06 bits per heavy atom. The molecule has 2 aromatic rings. The standard InChI is InChI=1S/C14H14INO/c15-13-5-1-12(2-6-13)10-17-14-7-3-11(9-16)4-8-14/h1-8H,9-10,16H2. The van der Waals surface area contributed by atoms with Gasteiger partial charge in [0.15, 0.2) is 0 Å². The summed E-state index contributed by atoms with van der Waals surface area (Å²) in [7, 11) is 0. The maximum absolute atomic E-state index is 5.69. The van der Waals surface area contributed by atoms with Crippen LogP contribution in [0.5, 0.6) is 5.75 Å². The van der Waals surface area contributed by atoms with Crippen molar-refractivity contribution in [1.82, 2.24) is 0 Å². The molecule has 0 aliphatic heterocycles. The first-order chi connectivity index (χ1) is 8.28. The van der Waals surface area contributed by atoms with Crippen molar-refractivity contribution in [3.05, 3.63) is 63.2 Å². The van der Waals surface area contributed by atoms with E-state index in [0.29, 0.717) is 13.2 Å². The molecule has 2 rings (SSSR count). The Morgan fingerprint density at radius 1 is 0.882 bits per heavy atom. The highest BCUT2D eigenvalue weighted by Gasteiger charge is 1.96. The molecular weight excluding hydrogens is 325 g/mol. The van der Waals surface area contributed by atoms with Crippen molar-refractivity contribution in [3.8, 4) is 5.75 Å². The zero-order chi connectivity index (χ0) is 12.1. The largest absolute Gasteiger partial charge is 0.489 e. The lowest BCUT2D eigenvalue weighted by molar-refractivity contribution is 0.306. The summed E-state index contributed by atoms with van der Waals surface area (Å²) in [6.07, 6.45) is 0. The lowest BCUT2D eigenvalue weighted by Gasteiger charge is -2.07. The van der Waals surface area contributed by atoms with E-state index in [1.807, 2.05) is 24.3 Å². The second-order valence-electron chi connectivity index (χ2n) is 3.76. The van der Waals surface area contributed by atoms with Crippen LogP contribution in [0, 0.1) is 3.57 Å². The quantitative estimate of drug-likeness (QED) is 0.868. The smallest absolute Gasteiger partial charge is 0.119 e. The van der Waals surface area contributed by atoms with Crippen LogP contribution in [0.4, 0.5) is 0 Å². The fourth-order valence-electron chi connectivity index (χ4n) is 1.47. The predicted octanol–water partition coefficient (Wildman–Crippen LogP) is 3.33. The zero-order valence-corrected chi connectivity index (χ0v) is 11.6. The maximum Gasteiger partial charge on any atom is 0.119 e. The third kappa shape index (κ3) is 3.71. The van der Waals surface area contributed by atoms with E-state index in [1.54, 1.807) is 0 Å². The van der Waals surface area contributed by atoms with Crippen molar-refractivity contribution in [3.63, 3.8) is 0 Å². The molecule has 0 heterocycles. The summed E-state index contributed by atoms with van der Waals surface area (Å²) in [5, 5.41) is 0. The third-order valence-corrected chi connectivity index (χ3v) is 3.20. The van der Waals surface area contributed by atoms with Crippen LogP contribution in [-0.2, 0) is 13.2 Å². The van der Waals surface area contributed by atoms with E-state index in [1.165, 1.54) is 9.13 Å². The molecule has 0 aliphatic rings. The molecule has 0 saturated carbocycles. The van der Waals surface area contributed by atoms with Crippen molar-refractivity contribution < 1.29 is 4.74 Å². The fraction of sp³-hybridized carbons (Fsp3) is 0.143. The number of ether oxygens (including phenoxy) is 1. The summed E-state index contributed by atoms with van der Waals surface area (Å²) in [6.45, 7) is 1.16. The normalized spacial score (nSPS) is 10.2. The first-order valence-corrected chi connectivity index (χ1v) is 6.52. The SMILES string of the molecule is NCc1ccc(OCc2ccc(I)cc2)cc1. The molecule has 0 spiro atoms. The van der Waals surface area contributed by atoms with Gasteiger partial charge in [0.05, 0.1) is 0 Å². The van der Waals surface area contributed by atoms with Gasteiger partial charge >= 0.3 is 0 Å². The molecule has 2 aromatic carbocycles. The second-order valence-corrected chi connectivity index (χ2v) is 5.01. The van der Waals surface area contributed by atoms with Crippen LogP contribution in [0.25, 0.3) is 0 Å². The van der Waals surface area contributed by atoms with Gasteiger partial charge in [0, 0.05) is 10.1 Å². The Labute approximate surface area is 115 Å². The monoisotopic (exact) mass is 339 g/mol. The molecule has 0 atom stereocenters. The van der Waals surface area contributed by atoms with Crippen molar-refractivity contribution in [2.45, 2.75) is 13.2 Å². The minimum Gasteiger partial charge on any atom is -0.489 e. The predicted molar refractivity (Wildman–Crippen MR) is 77.8 cm³/mol. The Balaban J connectivity index is 1.95. The minimum absolute atomic E-state index is 0.567. The van der Waals surface area contributed by atoms with Crippen LogP contribution < -0.4 is 10.5 Å². The fourth-order valence-corrected chi connectivity index (χ4v) is 1.83. The van der Waals surface area contributed by atoms with Crippen LogP contribution in [0.1, 0.15) is 11.1 Å². The van der Waals surface area contributed by atoms with Gasteiger partial charge < -0.3 is 10.5 Å². The van der Waals surface area contributed by atoms with E-state index < -0.39 is 0 Å². The van der Waals surface area contributed by atoms with E-state index in [0.717, 1.165) is 11.3 Å².